The highest BCUT2D eigenvalue weighted by Gasteiger charge is 1.91. The van der Waals surface area contributed by atoms with E-state index in [1.54, 1.807) is 23.0 Å². The van der Waals surface area contributed by atoms with Crippen molar-refractivity contribution in [2.24, 2.45) is 0 Å². The van der Waals surface area contributed by atoms with Crippen molar-refractivity contribution in [1.29, 1.82) is 0 Å². The van der Waals surface area contributed by atoms with Gasteiger partial charge < -0.3 is 10.6 Å². The Bertz CT molecular complexity index is 125. The van der Waals surface area contributed by atoms with Gasteiger partial charge >= 0.3 is 0 Å². The van der Waals surface area contributed by atoms with Crippen molar-refractivity contribution in [3.8, 4) is 0 Å². The summed E-state index contributed by atoms with van der Waals surface area (Å²) in [4.78, 5) is 3.74. The standard InChI is InChI=1S/C4H10N2.C3H3NS.FH/c1-2-6-4-3-5-1;1-2-5-3-4-1;/h5-6H,1-4H2;1-3H;1H. The maximum Gasteiger partial charge on any atom is 0.0791 e. The van der Waals surface area contributed by atoms with Gasteiger partial charge in [0.2, 0.25) is 0 Å². The molecule has 2 rings (SSSR count). The fourth-order valence-corrected chi connectivity index (χ4v) is 1.13. The second-order valence-electron chi connectivity index (χ2n) is 2.18. The molecule has 1 aliphatic rings. The van der Waals surface area contributed by atoms with Crippen LogP contribution >= 0.6 is 11.3 Å². The SMILES string of the molecule is C1CNCCN1.F.c1cscn1. The topological polar surface area (TPSA) is 37.0 Å². The van der Waals surface area contributed by atoms with E-state index in [1.807, 2.05) is 5.38 Å². The predicted octanol–water partition coefficient (Wildman–Crippen LogP) is 0.475. The molecule has 5 heteroatoms. The van der Waals surface area contributed by atoms with E-state index in [4.69, 9.17) is 0 Å². The average Bonchev–Trinajstić information content (AvgIpc) is 2.64. The molecule has 3 nitrogen and oxygen atoms in total. The maximum atomic E-state index is 3.74. The number of halogens is 1. The van der Waals surface area contributed by atoms with Crippen LogP contribution in [0.5, 0.6) is 0 Å². The first-order valence-electron chi connectivity index (χ1n) is 3.74. The van der Waals surface area contributed by atoms with E-state index in [2.05, 4.69) is 15.6 Å². The van der Waals surface area contributed by atoms with E-state index >= 15 is 0 Å². The molecule has 2 heterocycles. The van der Waals surface area contributed by atoms with Gasteiger partial charge in [0.15, 0.2) is 0 Å². The molecule has 0 aliphatic carbocycles. The smallest absolute Gasteiger partial charge is 0.0791 e. The lowest BCUT2D eigenvalue weighted by molar-refractivity contribution is 0.534. The molecule has 1 aromatic rings. The van der Waals surface area contributed by atoms with E-state index in [9.17, 15) is 0 Å². The normalized spacial score (nSPS) is 15.3. The first kappa shape index (κ1) is 11.5. The van der Waals surface area contributed by atoms with Crippen LogP contribution in [-0.4, -0.2) is 31.2 Å². The van der Waals surface area contributed by atoms with Gasteiger partial charge in [0.1, 0.15) is 0 Å². The third-order valence-electron chi connectivity index (χ3n) is 1.30. The lowest BCUT2D eigenvalue weighted by atomic mass is 10.4. The molecule has 0 aromatic carbocycles. The summed E-state index contributed by atoms with van der Waals surface area (Å²) in [5.74, 6) is 0. The van der Waals surface area contributed by atoms with Crippen LogP contribution in [0.3, 0.4) is 0 Å². The number of nitrogens with zero attached hydrogens (tertiary/aromatic N) is 1. The van der Waals surface area contributed by atoms with Crippen LogP contribution < -0.4 is 10.6 Å². The summed E-state index contributed by atoms with van der Waals surface area (Å²) in [6.45, 7) is 4.56. The number of piperazine rings is 1. The quantitative estimate of drug-likeness (QED) is 0.626. The molecule has 1 aromatic heterocycles. The Labute approximate surface area is 75.6 Å². The molecule has 12 heavy (non-hydrogen) atoms. The summed E-state index contributed by atoms with van der Waals surface area (Å²) in [7, 11) is 0. The number of nitrogens with one attached hydrogen (secondary N) is 2. The molecule has 2 N–H and O–H groups in total. The van der Waals surface area contributed by atoms with Gasteiger partial charge in [-0.15, -0.1) is 11.3 Å². The number of hydrogen-bond acceptors (Lipinski definition) is 4. The van der Waals surface area contributed by atoms with Crippen LogP contribution in [-0.2, 0) is 0 Å². The van der Waals surface area contributed by atoms with Gasteiger partial charge in [-0.05, 0) is 0 Å². The van der Waals surface area contributed by atoms with Crippen molar-refractivity contribution >= 4 is 11.3 Å². The Morgan fingerprint density at radius 1 is 1.08 bits per heavy atom. The summed E-state index contributed by atoms with van der Waals surface area (Å²) in [5.41, 5.74) is 1.79. The summed E-state index contributed by atoms with van der Waals surface area (Å²) in [6, 6.07) is 0. The minimum atomic E-state index is 0. The molecule has 70 valence electrons. The van der Waals surface area contributed by atoms with Crippen LogP contribution in [0.1, 0.15) is 0 Å². The van der Waals surface area contributed by atoms with Crippen LogP contribution in [0.2, 0.25) is 0 Å². The summed E-state index contributed by atoms with van der Waals surface area (Å²) < 4.78 is 0. The maximum absolute atomic E-state index is 3.74. The van der Waals surface area contributed by atoms with Crippen molar-refractivity contribution in [3.05, 3.63) is 17.1 Å². The fraction of sp³-hybridized carbons (Fsp3) is 0.571. The molecular weight excluding hydrogens is 177 g/mol. The molecule has 0 saturated carbocycles. The number of hydrogen-bond donors (Lipinski definition) is 2. The van der Waals surface area contributed by atoms with E-state index < -0.39 is 0 Å². The Kier molecular flexibility index (Phi) is 8.20. The van der Waals surface area contributed by atoms with Crippen molar-refractivity contribution in [3.63, 3.8) is 0 Å². The zero-order valence-electron chi connectivity index (χ0n) is 6.82. The molecule has 1 aliphatic heterocycles. The minimum Gasteiger partial charge on any atom is -0.314 e. The van der Waals surface area contributed by atoms with Gasteiger partial charge in [0.05, 0.1) is 5.51 Å². The van der Waals surface area contributed by atoms with Gasteiger partial charge in [-0.2, -0.15) is 0 Å². The van der Waals surface area contributed by atoms with Crippen molar-refractivity contribution < 1.29 is 4.70 Å². The Hall–Kier alpha value is -0.520. The van der Waals surface area contributed by atoms with Gasteiger partial charge in [0, 0.05) is 37.8 Å². The van der Waals surface area contributed by atoms with E-state index in [0.717, 1.165) is 26.2 Å². The fourth-order valence-electron chi connectivity index (χ4n) is 0.779. The second-order valence-corrected chi connectivity index (χ2v) is 2.93. The molecule has 0 amide bonds. The summed E-state index contributed by atoms with van der Waals surface area (Å²) in [5, 5.41) is 8.38. The second kappa shape index (κ2) is 8.58. The lowest BCUT2D eigenvalue weighted by Gasteiger charge is -2.11. The first-order valence-corrected chi connectivity index (χ1v) is 4.68. The molecule has 0 bridgehead atoms. The van der Waals surface area contributed by atoms with Crippen LogP contribution in [0.25, 0.3) is 0 Å². The van der Waals surface area contributed by atoms with Crippen molar-refractivity contribution in [1.82, 2.24) is 15.6 Å². The highest BCUT2D eigenvalue weighted by atomic mass is 32.1. The lowest BCUT2D eigenvalue weighted by Crippen LogP contribution is -2.39. The van der Waals surface area contributed by atoms with Crippen molar-refractivity contribution in [2.75, 3.05) is 26.2 Å². The molecule has 1 saturated heterocycles. The summed E-state index contributed by atoms with van der Waals surface area (Å²) >= 11 is 1.60. The van der Waals surface area contributed by atoms with E-state index in [-0.39, 0.29) is 4.70 Å². The molecule has 0 unspecified atom stereocenters. The number of rotatable bonds is 0. The van der Waals surface area contributed by atoms with Gasteiger partial charge in [-0.1, -0.05) is 0 Å². The number of aromatic nitrogens is 1. The zero-order valence-corrected chi connectivity index (χ0v) is 7.64. The molecule has 0 radical (unpaired) electrons. The molecular formula is C7H14FN3S. The Morgan fingerprint density at radius 3 is 1.83 bits per heavy atom. The molecule has 0 atom stereocenters. The van der Waals surface area contributed by atoms with E-state index in [0.29, 0.717) is 0 Å². The highest BCUT2D eigenvalue weighted by molar-refractivity contribution is 7.07. The minimum absolute atomic E-state index is 0. The van der Waals surface area contributed by atoms with Gasteiger partial charge in [0.25, 0.3) is 0 Å². The molecule has 1 fully saturated rings. The predicted molar refractivity (Wildman–Crippen MR) is 50.4 cm³/mol. The Balaban J connectivity index is 0.000000189. The van der Waals surface area contributed by atoms with Crippen LogP contribution in [0, 0.1) is 0 Å². The zero-order chi connectivity index (χ0) is 7.78. The first-order chi connectivity index (χ1) is 5.50. The van der Waals surface area contributed by atoms with Crippen LogP contribution in [0.4, 0.5) is 4.70 Å². The van der Waals surface area contributed by atoms with Crippen LogP contribution in [0.15, 0.2) is 17.1 Å². The van der Waals surface area contributed by atoms with Gasteiger partial charge in [-0.3, -0.25) is 9.69 Å². The third-order valence-corrected chi connectivity index (χ3v) is 1.83. The largest absolute Gasteiger partial charge is 0.314 e. The summed E-state index contributed by atoms with van der Waals surface area (Å²) in [6.07, 6.45) is 1.77. The number of thiazole rings is 1. The highest BCUT2D eigenvalue weighted by Crippen LogP contribution is 1.85. The Morgan fingerprint density at radius 2 is 1.67 bits per heavy atom. The third kappa shape index (κ3) is 6.21. The van der Waals surface area contributed by atoms with Crippen molar-refractivity contribution in [2.45, 2.75) is 0 Å². The van der Waals surface area contributed by atoms with Gasteiger partial charge in [-0.25, -0.2) is 0 Å². The molecule has 0 spiro atoms. The average molecular weight is 191 g/mol. The van der Waals surface area contributed by atoms with E-state index in [1.165, 1.54) is 0 Å². The monoisotopic (exact) mass is 191 g/mol.